The van der Waals surface area contributed by atoms with E-state index in [1.54, 1.807) is 18.2 Å². The lowest BCUT2D eigenvalue weighted by Gasteiger charge is -2.12. The summed E-state index contributed by atoms with van der Waals surface area (Å²) in [6.07, 6.45) is 0. The molecule has 0 spiro atoms. The first-order chi connectivity index (χ1) is 13.0. The van der Waals surface area contributed by atoms with Gasteiger partial charge in [0.15, 0.2) is 12.3 Å². The maximum atomic E-state index is 12.2. The summed E-state index contributed by atoms with van der Waals surface area (Å²) >= 11 is 6.05. The third-order valence-corrected chi connectivity index (χ3v) is 4.14. The fourth-order valence-electron chi connectivity index (χ4n) is 2.54. The van der Waals surface area contributed by atoms with Crippen molar-refractivity contribution in [2.75, 3.05) is 19.0 Å². The molecular weight excluding hydrogens is 368 g/mol. The van der Waals surface area contributed by atoms with E-state index in [1.165, 1.54) is 13.2 Å². The number of rotatable bonds is 5. The number of para-hydroxylation sites is 1. The second-order valence-electron chi connectivity index (χ2n) is 5.81. The van der Waals surface area contributed by atoms with Gasteiger partial charge in [0.1, 0.15) is 5.75 Å². The van der Waals surface area contributed by atoms with Crippen molar-refractivity contribution in [1.29, 1.82) is 0 Å². The molecule has 1 aromatic heterocycles. The number of carbonyl (C=O) groups is 2. The van der Waals surface area contributed by atoms with Gasteiger partial charge in [0.05, 0.1) is 12.6 Å². The van der Waals surface area contributed by atoms with Gasteiger partial charge in [0.25, 0.3) is 5.91 Å². The van der Waals surface area contributed by atoms with Crippen LogP contribution < -0.4 is 10.1 Å². The van der Waals surface area contributed by atoms with Crippen molar-refractivity contribution < 1.29 is 19.1 Å². The monoisotopic (exact) mass is 384 g/mol. The van der Waals surface area contributed by atoms with Crippen LogP contribution >= 0.6 is 11.6 Å². The van der Waals surface area contributed by atoms with E-state index < -0.39 is 5.97 Å². The molecule has 0 bridgehead atoms. The van der Waals surface area contributed by atoms with Crippen LogP contribution in [0.25, 0.3) is 10.9 Å². The maximum absolute atomic E-state index is 12.2. The lowest BCUT2D eigenvalue weighted by molar-refractivity contribution is -0.118. The van der Waals surface area contributed by atoms with Crippen LogP contribution in [0.5, 0.6) is 5.75 Å². The zero-order chi connectivity index (χ0) is 19.4. The lowest BCUT2D eigenvalue weighted by Crippen LogP contribution is -2.21. The number of nitrogens with zero attached hydrogens (tertiary/aromatic N) is 1. The second kappa shape index (κ2) is 8.05. The van der Waals surface area contributed by atoms with Crippen molar-refractivity contribution in [2.24, 2.45) is 0 Å². The molecule has 6 nitrogen and oxygen atoms in total. The Bertz CT molecular complexity index is 1020. The minimum Gasteiger partial charge on any atom is -0.483 e. The van der Waals surface area contributed by atoms with Gasteiger partial charge in [-0.1, -0.05) is 29.8 Å². The number of benzene rings is 2. The predicted molar refractivity (Wildman–Crippen MR) is 103 cm³/mol. The van der Waals surface area contributed by atoms with Gasteiger partial charge in [-0.25, -0.2) is 9.78 Å². The Morgan fingerprint density at radius 3 is 2.67 bits per heavy atom. The number of aryl methyl sites for hydroxylation is 1. The lowest BCUT2D eigenvalue weighted by atomic mass is 10.2. The summed E-state index contributed by atoms with van der Waals surface area (Å²) in [4.78, 5) is 28.3. The summed E-state index contributed by atoms with van der Waals surface area (Å²) in [5.74, 6) is -0.597. The summed E-state index contributed by atoms with van der Waals surface area (Å²) in [6.45, 7) is 1.66. The fraction of sp³-hybridized carbons (Fsp3) is 0.150. The van der Waals surface area contributed by atoms with E-state index in [0.29, 0.717) is 27.4 Å². The first kappa shape index (κ1) is 18.7. The minimum absolute atomic E-state index is 0.0848. The molecule has 0 aliphatic carbocycles. The quantitative estimate of drug-likeness (QED) is 0.673. The molecule has 0 aliphatic heterocycles. The number of methoxy groups -OCH3 is 1. The topological polar surface area (TPSA) is 77.5 Å². The summed E-state index contributed by atoms with van der Waals surface area (Å²) in [5, 5.41) is 3.88. The smallest absolute Gasteiger partial charge is 0.356 e. The van der Waals surface area contributed by atoms with Crippen LogP contribution in [-0.2, 0) is 9.53 Å². The van der Waals surface area contributed by atoms with Crippen LogP contribution in [0.4, 0.5) is 5.69 Å². The molecule has 0 fully saturated rings. The first-order valence-electron chi connectivity index (χ1n) is 8.15. The molecule has 138 valence electrons. The standard InChI is InChI=1S/C20H17ClN2O4/c1-12-5-3-4-6-15(12)23-19(24)11-27-18-10-17(20(25)26-2)22-16-8-7-13(21)9-14(16)18/h3-10H,11H2,1-2H3,(H,23,24). The van der Waals surface area contributed by atoms with E-state index in [2.05, 4.69) is 10.3 Å². The third kappa shape index (κ3) is 4.35. The summed E-state index contributed by atoms with van der Waals surface area (Å²) in [5.41, 5.74) is 2.25. The Morgan fingerprint density at radius 2 is 1.93 bits per heavy atom. The van der Waals surface area contributed by atoms with Crippen LogP contribution in [-0.4, -0.2) is 30.6 Å². The van der Waals surface area contributed by atoms with Crippen molar-refractivity contribution in [1.82, 2.24) is 4.98 Å². The van der Waals surface area contributed by atoms with E-state index in [-0.39, 0.29) is 18.2 Å². The van der Waals surface area contributed by atoms with E-state index in [1.807, 2.05) is 31.2 Å². The highest BCUT2D eigenvalue weighted by Gasteiger charge is 2.15. The van der Waals surface area contributed by atoms with Crippen molar-refractivity contribution >= 4 is 40.1 Å². The SMILES string of the molecule is COC(=O)c1cc(OCC(=O)Nc2ccccc2C)c2cc(Cl)ccc2n1. The Morgan fingerprint density at radius 1 is 1.15 bits per heavy atom. The molecule has 27 heavy (non-hydrogen) atoms. The van der Waals surface area contributed by atoms with Crippen molar-refractivity contribution in [2.45, 2.75) is 6.92 Å². The second-order valence-corrected chi connectivity index (χ2v) is 6.25. The van der Waals surface area contributed by atoms with Gasteiger partial charge in [-0.2, -0.15) is 0 Å². The van der Waals surface area contributed by atoms with Gasteiger partial charge in [-0.15, -0.1) is 0 Å². The predicted octanol–water partition coefficient (Wildman–Crippen LogP) is 4.00. The van der Waals surface area contributed by atoms with E-state index in [9.17, 15) is 9.59 Å². The zero-order valence-electron chi connectivity index (χ0n) is 14.8. The number of ether oxygens (including phenoxy) is 2. The Labute approximate surface area is 161 Å². The van der Waals surface area contributed by atoms with Gasteiger partial charge >= 0.3 is 5.97 Å². The molecule has 0 radical (unpaired) electrons. The van der Waals surface area contributed by atoms with Crippen molar-refractivity contribution in [3.63, 3.8) is 0 Å². The highest BCUT2D eigenvalue weighted by molar-refractivity contribution is 6.31. The zero-order valence-corrected chi connectivity index (χ0v) is 15.5. The molecule has 1 N–H and O–H groups in total. The number of aromatic nitrogens is 1. The van der Waals surface area contributed by atoms with Crippen LogP contribution in [0.1, 0.15) is 16.1 Å². The molecule has 0 saturated carbocycles. The van der Waals surface area contributed by atoms with Gasteiger partial charge in [-0.3, -0.25) is 4.79 Å². The first-order valence-corrected chi connectivity index (χ1v) is 8.52. The van der Waals surface area contributed by atoms with Gasteiger partial charge in [0.2, 0.25) is 0 Å². The molecule has 3 aromatic rings. The molecule has 1 heterocycles. The fourth-order valence-corrected chi connectivity index (χ4v) is 2.71. The molecule has 0 saturated heterocycles. The molecule has 0 unspecified atom stereocenters. The minimum atomic E-state index is -0.596. The average Bonchev–Trinajstić information content (AvgIpc) is 2.67. The highest BCUT2D eigenvalue weighted by Crippen LogP contribution is 2.28. The average molecular weight is 385 g/mol. The number of nitrogens with one attached hydrogen (secondary N) is 1. The highest BCUT2D eigenvalue weighted by atomic mass is 35.5. The number of hydrogen-bond acceptors (Lipinski definition) is 5. The van der Waals surface area contributed by atoms with Gasteiger partial charge < -0.3 is 14.8 Å². The number of hydrogen-bond donors (Lipinski definition) is 1. The molecule has 2 aromatic carbocycles. The summed E-state index contributed by atoms with van der Waals surface area (Å²) in [6, 6.07) is 13.9. The normalized spacial score (nSPS) is 10.5. The number of pyridine rings is 1. The molecule has 7 heteroatoms. The molecule has 1 amide bonds. The molecule has 3 rings (SSSR count). The Kier molecular flexibility index (Phi) is 5.57. The molecular formula is C20H17ClN2O4. The Balaban J connectivity index is 1.84. The van der Waals surface area contributed by atoms with E-state index in [4.69, 9.17) is 21.1 Å². The molecule has 0 aliphatic rings. The van der Waals surface area contributed by atoms with Crippen molar-refractivity contribution in [3.05, 3.63) is 64.8 Å². The Hall–Kier alpha value is -3.12. The van der Waals surface area contributed by atoms with Crippen LogP contribution in [0.2, 0.25) is 5.02 Å². The number of halogens is 1. The summed E-state index contributed by atoms with van der Waals surface area (Å²) in [7, 11) is 1.27. The maximum Gasteiger partial charge on any atom is 0.356 e. The van der Waals surface area contributed by atoms with Gasteiger partial charge in [0, 0.05) is 22.2 Å². The van der Waals surface area contributed by atoms with E-state index >= 15 is 0 Å². The number of esters is 1. The van der Waals surface area contributed by atoms with Crippen LogP contribution in [0, 0.1) is 6.92 Å². The number of fused-ring (bicyclic) bond motifs is 1. The van der Waals surface area contributed by atoms with Crippen LogP contribution in [0.15, 0.2) is 48.5 Å². The van der Waals surface area contributed by atoms with Gasteiger partial charge in [-0.05, 0) is 36.8 Å². The van der Waals surface area contributed by atoms with Crippen LogP contribution in [0.3, 0.4) is 0 Å². The number of anilines is 1. The molecule has 0 atom stereocenters. The summed E-state index contributed by atoms with van der Waals surface area (Å²) < 4.78 is 10.4. The van der Waals surface area contributed by atoms with Crippen molar-refractivity contribution in [3.8, 4) is 5.75 Å². The number of amides is 1. The largest absolute Gasteiger partial charge is 0.483 e. The number of carbonyl (C=O) groups excluding carboxylic acids is 2. The third-order valence-electron chi connectivity index (χ3n) is 3.91. The van der Waals surface area contributed by atoms with E-state index in [0.717, 1.165) is 5.56 Å².